The fourth-order valence-corrected chi connectivity index (χ4v) is 3.67. The maximum Gasteiger partial charge on any atom is 0.321 e. The number of nitrogens with zero attached hydrogens (tertiary/aromatic N) is 5. The molecule has 7 nitrogen and oxygen atoms in total. The number of likely N-dealkylation sites (tertiary alicyclic amines) is 1. The van der Waals surface area contributed by atoms with E-state index >= 15 is 0 Å². The Morgan fingerprint density at radius 2 is 1.96 bits per heavy atom. The molecule has 3 heterocycles. The minimum Gasteiger partial charge on any atom is -0.376 e. The molecule has 1 aromatic rings. The van der Waals surface area contributed by atoms with Crippen molar-refractivity contribution in [1.82, 2.24) is 19.7 Å². The fourth-order valence-electron chi connectivity index (χ4n) is 3.67. The Kier molecular flexibility index (Phi) is 5.75. The lowest BCUT2D eigenvalue weighted by atomic mass is 10.0. The summed E-state index contributed by atoms with van der Waals surface area (Å²) in [6, 6.07) is 2.56. The Labute approximate surface area is 150 Å². The Balaban J connectivity index is 1.50. The van der Waals surface area contributed by atoms with Gasteiger partial charge in [0.1, 0.15) is 0 Å². The van der Waals surface area contributed by atoms with E-state index in [-0.39, 0.29) is 6.03 Å². The van der Waals surface area contributed by atoms with Gasteiger partial charge in [-0.25, -0.2) is 4.79 Å². The highest BCUT2D eigenvalue weighted by Crippen LogP contribution is 2.18. The summed E-state index contributed by atoms with van der Waals surface area (Å²) in [6.07, 6.45) is 6.03. The maximum atomic E-state index is 12.5. The molecule has 1 N–H and O–H groups in total. The smallest absolute Gasteiger partial charge is 0.321 e. The molecule has 2 fully saturated rings. The topological polar surface area (TPSA) is 55.0 Å². The Morgan fingerprint density at radius 3 is 2.64 bits per heavy atom. The van der Waals surface area contributed by atoms with E-state index in [2.05, 4.69) is 27.1 Å². The maximum absolute atomic E-state index is 12.5. The van der Waals surface area contributed by atoms with Crippen LogP contribution in [0.4, 0.5) is 16.2 Å². The van der Waals surface area contributed by atoms with Crippen LogP contribution in [-0.4, -0.2) is 92.2 Å². The Bertz CT molecular complexity index is 585. The van der Waals surface area contributed by atoms with Crippen LogP contribution in [0.1, 0.15) is 12.8 Å². The number of likely N-dealkylation sites (N-methyl/N-ethyl adjacent to an activating group) is 1. The highest BCUT2D eigenvalue weighted by atomic mass is 16.2. The number of amides is 2. The number of piperidine rings is 1. The van der Waals surface area contributed by atoms with Crippen LogP contribution in [0.3, 0.4) is 0 Å². The highest BCUT2D eigenvalue weighted by molar-refractivity contribution is 5.89. The van der Waals surface area contributed by atoms with Gasteiger partial charge in [-0.15, -0.1) is 0 Å². The number of anilines is 2. The summed E-state index contributed by atoms with van der Waals surface area (Å²) < 4.78 is 0. The average molecular weight is 346 g/mol. The summed E-state index contributed by atoms with van der Waals surface area (Å²) in [6.45, 7) is 5.84. The van der Waals surface area contributed by atoms with Gasteiger partial charge in [-0.05, 0) is 32.5 Å². The van der Waals surface area contributed by atoms with E-state index < -0.39 is 0 Å². The number of carbonyl (C=O) groups excluding carboxylic acids is 1. The molecule has 2 amide bonds. The van der Waals surface area contributed by atoms with Gasteiger partial charge in [0.05, 0.1) is 23.8 Å². The molecule has 2 saturated heterocycles. The summed E-state index contributed by atoms with van der Waals surface area (Å²) in [5.74, 6) is 0. The predicted molar refractivity (Wildman–Crippen MR) is 101 cm³/mol. The fraction of sp³-hybridized carbons (Fsp3) is 0.667. The molecule has 1 atom stereocenters. The van der Waals surface area contributed by atoms with E-state index in [1.54, 1.807) is 12.4 Å². The molecule has 1 unspecified atom stereocenters. The van der Waals surface area contributed by atoms with Crippen molar-refractivity contribution >= 4 is 17.4 Å². The SMILES string of the molecule is CN1CCCC(N2CCN(C(=O)Nc3cncc(N(C)C)c3)CC2)C1. The Morgan fingerprint density at radius 1 is 1.20 bits per heavy atom. The van der Waals surface area contributed by atoms with Gasteiger partial charge < -0.3 is 20.0 Å². The van der Waals surface area contributed by atoms with Crippen LogP contribution in [0.5, 0.6) is 0 Å². The molecule has 0 spiro atoms. The van der Waals surface area contributed by atoms with Crippen LogP contribution in [0, 0.1) is 0 Å². The summed E-state index contributed by atoms with van der Waals surface area (Å²) in [5, 5.41) is 2.98. The van der Waals surface area contributed by atoms with E-state index in [1.165, 1.54) is 19.4 Å². The van der Waals surface area contributed by atoms with Crippen LogP contribution in [-0.2, 0) is 0 Å². The molecule has 2 aliphatic heterocycles. The molecular formula is C18H30N6O. The second-order valence-electron chi connectivity index (χ2n) is 7.34. The number of pyridine rings is 1. The first-order chi connectivity index (χ1) is 12.0. The van der Waals surface area contributed by atoms with Crippen molar-refractivity contribution in [2.75, 3.05) is 70.6 Å². The van der Waals surface area contributed by atoms with E-state index in [0.29, 0.717) is 6.04 Å². The summed E-state index contributed by atoms with van der Waals surface area (Å²) in [7, 11) is 6.13. The molecule has 0 aliphatic carbocycles. The van der Waals surface area contributed by atoms with Gasteiger partial charge in [0.25, 0.3) is 0 Å². The van der Waals surface area contributed by atoms with Gasteiger partial charge >= 0.3 is 6.03 Å². The van der Waals surface area contributed by atoms with E-state index in [9.17, 15) is 4.79 Å². The third-order valence-electron chi connectivity index (χ3n) is 5.21. The number of rotatable bonds is 3. The zero-order valence-corrected chi connectivity index (χ0v) is 15.6. The van der Waals surface area contributed by atoms with E-state index in [0.717, 1.165) is 44.1 Å². The Hall–Kier alpha value is -1.86. The number of hydrogen-bond donors (Lipinski definition) is 1. The van der Waals surface area contributed by atoms with Crippen molar-refractivity contribution in [2.24, 2.45) is 0 Å². The quantitative estimate of drug-likeness (QED) is 0.896. The molecule has 3 rings (SSSR count). The molecule has 138 valence electrons. The molecule has 0 bridgehead atoms. The molecule has 0 radical (unpaired) electrons. The minimum absolute atomic E-state index is 0.0295. The van der Waals surface area contributed by atoms with Gasteiger partial charge in [-0.2, -0.15) is 0 Å². The van der Waals surface area contributed by atoms with Crippen molar-refractivity contribution in [2.45, 2.75) is 18.9 Å². The van der Waals surface area contributed by atoms with Gasteiger partial charge in [0, 0.05) is 52.9 Å². The average Bonchev–Trinajstić information content (AvgIpc) is 2.62. The van der Waals surface area contributed by atoms with Crippen LogP contribution >= 0.6 is 0 Å². The third-order valence-corrected chi connectivity index (χ3v) is 5.21. The number of carbonyl (C=O) groups is 1. The predicted octanol–water partition coefficient (Wildman–Crippen LogP) is 1.39. The molecule has 25 heavy (non-hydrogen) atoms. The second kappa shape index (κ2) is 8.01. The standard InChI is InChI=1S/C18H30N6O/c1-21(2)17-11-15(12-19-13-17)20-18(25)24-9-7-23(8-10-24)16-5-4-6-22(3)14-16/h11-13,16H,4-10,14H2,1-3H3,(H,20,25). The lowest BCUT2D eigenvalue weighted by molar-refractivity contribution is 0.0717. The number of nitrogens with one attached hydrogen (secondary N) is 1. The number of urea groups is 1. The van der Waals surface area contributed by atoms with Crippen LogP contribution in [0.15, 0.2) is 18.5 Å². The van der Waals surface area contributed by atoms with Crippen LogP contribution in [0.2, 0.25) is 0 Å². The van der Waals surface area contributed by atoms with Gasteiger partial charge in [0.2, 0.25) is 0 Å². The largest absolute Gasteiger partial charge is 0.376 e. The summed E-state index contributed by atoms with van der Waals surface area (Å²) >= 11 is 0. The van der Waals surface area contributed by atoms with Crippen LogP contribution < -0.4 is 10.2 Å². The molecule has 2 aliphatic rings. The molecule has 0 aromatic carbocycles. The first-order valence-electron chi connectivity index (χ1n) is 9.14. The summed E-state index contributed by atoms with van der Waals surface area (Å²) in [4.78, 5) is 25.6. The van der Waals surface area contributed by atoms with E-state index in [4.69, 9.17) is 0 Å². The van der Waals surface area contributed by atoms with Crippen molar-refractivity contribution in [3.8, 4) is 0 Å². The summed E-state index contributed by atoms with van der Waals surface area (Å²) in [5.41, 5.74) is 1.72. The third kappa shape index (κ3) is 4.61. The van der Waals surface area contributed by atoms with Crippen molar-refractivity contribution < 1.29 is 4.79 Å². The number of hydrogen-bond acceptors (Lipinski definition) is 5. The highest BCUT2D eigenvalue weighted by Gasteiger charge is 2.28. The van der Waals surface area contributed by atoms with E-state index in [1.807, 2.05) is 30.0 Å². The zero-order valence-electron chi connectivity index (χ0n) is 15.6. The molecule has 7 heteroatoms. The normalized spacial score (nSPS) is 22.7. The number of piperazine rings is 1. The first kappa shape index (κ1) is 17.9. The van der Waals surface area contributed by atoms with Crippen molar-refractivity contribution in [3.05, 3.63) is 18.5 Å². The number of aromatic nitrogens is 1. The van der Waals surface area contributed by atoms with Gasteiger partial charge in [-0.1, -0.05) is 0 Å². The van der Waals surface area contributed by atoms with Crippen LogP contribution in [0.25, 0.3) is 0 Å². The van der Waals surface area contributed by atoms with Crippen molar-refractivity contribution in [3.63, 3.8) is 0 Å². The van der Waals surface area contributed by atoms with Gasteiger partial charge in [0.15, 0.2) is 0 Å². The second-order valence-corrected chi connectivity index (χ2v) is 7.34. The lowest BCUT2D eigenvalue weighted by Gasteiger charge is -2.42. The van der Waals surface area contributed by atoms with Gasteiger partial charge in [-0.3, -0.25) is 9.88 Å². The molecule has 1 aromatic heterocycles. The first-order valence-corrected chi connectivity index (χ1v) is 9.14. The monoisotopic (exact) mass is 346 g/mol. The minimum atomic E-state index is -0.0295. The molecular weight excluding hydrogens is 316 g/mol. The molecule has 0 saturated carbocycles. The lowest BCUT2D eigenvalue weighted by Crippen LogP contribution is -2.56. The zero-order chi connectivity index (χ0) is 17.8. The van der Waals surface area contributed by atoms with Crippen molar-refractivity contribution in [1.29, 1.82) is 0 Å².